The lowest BCUT2D eigenvalue weighted by atomic mass is 10.2. The fraction of sp³-hybridized carbons (Fsp3) is 0.467. The summed E-state index contributed by atoms with van der Waals surface area (Å²) in [7, 11) is 0. The first-order valence-electron chi connectivity index (χ1n) is 6.74. The van der Waals surface area contributed by atoms with Gasteiger partial charge in [-0.15, -0.1) is 0 Å². The molecule has 1 amide bonds. The maximum Gasteiger partial charge on any atom is 0.306 e. The van der Waals surface area contributed by atoms with Crippen molar-refractivity contribution >= 4 is 17.6 Å². The van der Waals surface area contributed by atoms with Gasteiger partial charge in [-0.2, -0.15) is 0 Å². The maximum atomic E-state index is 11.8. The lowest BCUT2D eigenvalue weighted by Gasteiger charge is -2.11. The van der Waals surface area contributed by atoms with Crippen LogP contribution in [0.25, 0.3) is 0 Å². The van der Waals surface area contributed by atoms with Crippen LogP contribution in [0.4, 0.5) is 5.69 Å². The van der Waals surface area contributed by atoms with Gasteiger partial charge < -0.3 is 14.8 Å². The third kappa shape index (κ3) is 5.73. The first-order chi connectivity index (χ1) is 9.52. The summed E-state index contributed by atoms with van der Waals surface area (Å²) >= 11 is 0. The second kappa shape index (κ2) is 8.19. The van der Waals surface area contributed by atoms with Gasteiger partial charge in [0.15, 0.2) is 0 Å². The molecule has 5 nitrogen and oxygen atoms in total. The number of hydrogen-bond acceptors (Lipinski definition) is 4. The van der Waals surface area contributed by atoms with E-state index in [1.807, 2.05) is 19.1 Å². The average Bonchev–Trinajstić information content (AvgIpc) is 2.38. The van der Waals surface area contributed by atoms with Crippen molar-refractivity contribution in [1.29, 1.82) is 0 Å². The Balaban J connectivity index is 2.48. The molecule has 110 valence electrons. The van der Waals surface area contributed by atoms with Crippen LogP contribution in [0.1, 0.15) is 33.6 Å². The van der Waals surface area contributed by atoms with E-state index in [4.69, 9.17) is 9.47 Å². The summed E-state index contributed by atoms with van der Waals surface area (Å²) < 4.78 is 10.4. The minimum absolute atomic E-state index is 0.0703. The van der Waals surface area contributed by atoms with E-state index < -0.39 is 0 Å². The predicted molar refractivity (Wildman–Crippen MR) is 76.7 cm³/mol. The molecule has 0 heterocycles. The van der Waals surface area contributed by atoms with Gasteiger partial charge in [-0.1, -0.05) is 12.1 Å². The molecule has 1 aromatic carbocycles. The molecule has 0 fully saturated rings. The van der Waals surface area contributed by atoms with Crippen LogP contribution in [-0.2, 0) is 14.3 Å². The van der Waals surface area contributed by atoms with E-state index in [-0.39, 0.29) is 30.8 Å². The summed E-state index contributed by atoms with van der Waals surface area (Å²) in [6.45, 7) is 5.95. The SMILES string of the molecule is CCOc1ccccc1NC(=O)CCC(=O)OC(C)C. The molecule has 20 heavy (non-hydrogen) atoms. The molecule has 0 saturated heterocycles. The molecular weight excluding hydrogens is 258 g/mol. The normalized spacial score (nSPS) is 10.2. The molecule has 0 radical (unpaired) electrons. The van der Waals surface area contributed by atoms with Gasteiger partial charge in [0.05, 0.1) is 24.8 Å². The monoisotopic (exact) mass is 279 g/mol. The van der Waals surface area contributed by atoms with Crippen LogP contribution in [0.15, 0.2) is 24.3 Å². The molecule has 0 atom stereocenters. The molecule has 1 rings (SSSR count). The number of carbonyl (C=O) groups excluding carboxylic acids is 2. The third-order valence-electron chi connectivity index (χ3n) is 2.38. The fourth-order valence-electron chi connectivity index (χ4n) is 1.60. The van der Waals surface area contributed by atoms with Gasteiger partial charge in [0.25, 0.3) is 0 Å². The lowest BCUT2D eigenvalue weighted by molar-refractivity contribution is -0.148. The van der Waals surface area contributed by atoms with Crippen molar-refractivity contribution in [2.75, 3.05) is 11.9 Å². The molecule has 5 heteroatoms. The topological polar surface area (TPSA) is 64.6 Å². The van der Waals surface area contributed by atoms with E-state index in [1.165, 1.54) is 0 Å². The van der Waals surface area contributed by atoms with Crippen molar-refractivity contribution in [3.05, 3.63) is 24.3 Å². The number of esters is 1. The highest BCUT2D eigenvalue weighted by atomic mass is 16.5. The zero-order valence-electron chi connectivity index (χ0n) is 12.1. The highest BCUT2D eigenvalue weighted by Crippen LogP contribution is 2.23. The Morgan fingerprint density at radius 1 is 1.20 bits per heavy atom. The second-order valence-corrected chi connectivity index (χ2v) is 4.52. The van der Waals surface area contributed by atoms with Crippen LogP contribution in [0.5, 0.6) is 5.75 Å². The van der Waals surface area contributed by atoms with Crippen LogP contribution in [0.3, 0.4) is 0 Å². The number of carbonyl (C=O) groups is 2. The smallest absolute Gasteiger partial charge is 0.306 e. The minimum atomic E-state index is -0.367. The molecule has 1 N–H and O–H groups in total. The Bertz CT molecular complexity index is 457. The van der Waals surface area contributed by atoms with E-state index in [0.29, 0.717) is 18.0 Å². The summed E-state index contributed by atoms with van der Waals surface area (Å²) in [5.41, 5.74) is 0.608. The first-order valence-corrected chi connectivity index (χ1v) is 6.74. The summed E-state index contributed by atoms with van der Waals surface area (Å²) in [5.74, 6) is 0.0132. The second-order valence-electron chi connectivity index (χ2n) is 4.52. The van der Waals surface area contributed by atoms with E-state index >= 15 is 0 Å². The summed E-state index contributed by atoms with van der Waals surface area (Å²) in [6, 6.07) is 7.19. The Kier molecular flexibility index (Phi) is 6.56. The van der Waals surface area contributed by atoms with Crippen molar-refractivity contribution in [3.8, 4) is 5.75 Å². The van der Waals surface area contributed by atoms with Crippen LogP contribution in [0, 0.1) is 0 Å². The van der Waals surface area contributed by atoms with Crippen molar-refractivity contribution in [2.45, 2.75) is 39.7 Å². The number of para-hydroxylation sites is 2. The minimum Gasteiger partial charge on any atom is -0.492 e. The number of ether oxygens (including phenoxy) is 2. The van der Waals surface area contributed by atoms with E-state index in [9.17, 15) is 9.59 Å². The highest BCUT2D eigenvalue weighted by molar-refractivity contribution is 5.93. The molecule has 0 aliphatic carbocycles. The summed E-state index contributed by atoms with van der Waals surface area (Å²) in [6.07, 6.45) is -0.00319. The Hall–Kier alpha value is -2.04. The van der Waals surface area contributed by atoms with Gasteiger partial charge in [0, 0.05) is 6.42 Å². The van der Waals surface area contributed by atoms with Gasteiger partial charge in [-0.3, -0.25) is 9.59 Å². The first kappa shape index (κ1) is 16.0. The van der Waals surface area contributed by atoms with E-state index in [1.54, 1.807) is 26.0 Å². The van der Waals surface area contributed by atoms with Gasteiger partial charge in [0.1, 0.15) is 5.75 Å². The standard InChI is InChI=1S/C15H21NO4/c1-4-19-13-8-6-5-7-12(13)16-14(17)9-10-15(18)20-11(2)3/h5-8,11H,4,9-10H2,1-3H3,(H,16,17). The van der Waals surface area contributed by atoms with Crippen molar-refractivity contribution in [1.82, 2.24) is 0 Å². The van der Waals surface area contributed by atoms with Gasteiger partial charge in [0.2, 0.25) is 5.91 Å². The van der Waals surface area contributed by atoms with Crippen LogP contribution >= 0.6 is 0 Å². The van der Waals surface area contributed by atoms with Crippen LogP contribution in [-0.4, -0.2) is 24.6 Å². The molecule has 0 bridgehead atoms. The zero-order chi connectivity index (χ0) is 15.0. The van der Waals surface area contributed by atoms with Crippen molar-refractivity contribution < 1.29 is 19.1 Å². The van der Waals surface area contributed by atoms with E-state index in [0.717, 1.165) is 0 Å². The molecule has 0 aliphatic rings. The molecule has 0 spiro atoms. The predicted octanol–water partition coefficient (Wildman–Crippen LogP) is 2.76. The largest absolute Gasteiger partial charge is 0.492 e. The number of nitrogens with one attached hydrogen (secondary N) is 1. The number of benzene rings is 1. The van der Waals surface area contributed by atoms with E-state index in [2.05, 4.69) is 5.32 Å². The zero-order valence-corrected chi connectivity index (χ0v) is 12.1. The van der Waals surface area contributed by atoms with Crippen LogP contribution in [0.2, 0.25) is 0 Å². The molecule has 0 saturated carbocycles. The lowest BCUT2D eigenvalue weighted by Crippen LogP contribution is -2.17. The molecule has 1 aromatic rings. The molecular formula is C15H21NO4. The highest BCUT2D eigenvalue weighted by Gasteiger charge is 2.11. The van der Waals surface area contributed by atoms with Gasteiger partial charge in [-0.25, -0.2) is 0 Å². The maximum absolute atomic E-state index is 11.8. The average molecular weight is 279 g/mol. The van der Waals surface area contributed by atoms with Gasteiger partial charge >= 0.3 is 5.97 Å². The Morgan fingerprint density at radius 3 is 2.55 bits per heavy atom. The van der Waals surface area contributed by atoms with Crippen LogP contribution < -0.4 is 10.1 Å². The van der Waals surface area contributed by atoms with Gasteiger partial charge in [-0.05, 0) is 32.9 Å². The Labute approximate surface area is 119 Å². The van der Waals surface area contributed by atoms with Crippen molar-refractivity contribution in [2.24, 2.45) is 0 Å². The number of amides is 1. The fourth-order valence-corrected chi connectivity index (χ4v) is 1.60. The number of hydrogen-bond donors (Lipinski definition) is 1. The Morgan fingerprint density at radius 2 is 1.90 bits per heavy atom. The molecule has 0 aromatic heterocycles. The third-order valence-corrected chi connectivity index (χ3v) is 2.38. The quantitative estimate of drug-likeness (QED) is 0.779. The number of anilines is 1. The number of rotatable bonds is 7. The summed E-state index contributed by atoms with van der Waals surface area (Å²) in [5, 5.41) is 2.73. The molecule has 0 unspecified atom stereocenters. The molecule has 0 aliphatic heterocycles. The summed E-state index contributed by atoms with van der Waals surface area (Å²) in [4.78, 5) is 23.1. The van der Waals surface area contributed by atoms with Crippen molar-refractivity contribution in [3.63, 3.8) is 0 Å².